The monoisotopic (exact) mass is 282 g/mol. The van der Waals surface area contributed by atoms with Gasteiger partial charge < -0.3 is 5.32 Å². The molecule has 1 atom stereocenters. The fourth-order valence-electron chi connectivity index (χ4n) is 1.74. The summed E-state index contributed by atoms with van der Waals surface area (Å²) in [4.78, 5) is 2.36. The van der Waals surface area contributed by atoms with E-state index in [1.54, 1.807) is 0 Å². The number of likely N-dealkylation sites (N-methyl/N-ethyl adjacent to an activating group) is 1. The predicted octanol–water partition coefficient (Wildman–Crippen LogP) is 3.94. The second-order valence-corrected chi connectivity index (χ2v) is 6.45. The molecule has 1 rings (SSSR count). The van der Waals surface area contributed by atoms with Crippen molar-refractivity contribution < 1.29 is 0 Å². The molecule has 19 heavy (non-hydrogen) atoms. The van der Waals surface area contributed by atoms with Gasteiger partial charge in [-0.1, -0.05) is 30.7 Å². The quantitative estimate of drug-likeness (QED) is 0.815. The summed E-state index contributed by atoms with van der Waals surface area (Å²) >= 11 is 5.90. The van der Waals surface area contributed by atoms with Gasteiger partial charge in [0.2, 0.25) is 0 Å². The van der Waals surface area contributed by atoms with Crippen molar-refractivity contribution in [3.8, 4) is 0 Å². The number of halogens is 1. The Labute approximate surface area is 123 Å². The van der Waals surface area contributed by atoms with Crippen molar-refractivity contribution in [1.29, 1.82) is 0 Å². The topological polar surface area (TPSA) is 15.3 Å². The molecule has 0 aromatic heterocycles. The highest BCUT2D eigenvalue weighted by Gasteiger charge is 2.17. The lowest BCUT2D eigenvalue weighted by atomic mass is 10.0. The van der Waals surface area contributed by atoms with E-state index in [-0.39, 0.29) is 5.54 Å². The van der Waals surface area contributed by atoms with Crippen LogP contribution in [-0.4, -0.2) is 30.1 Å². The van der Waals surface area contributed by atoms with Crippen molar-refractivity contribution in [3.63, 3.8) is 0 Å². The first-order valence-corrected chi connectivity index (χ1v) is 7.41. The largest absolute Gasteiger partial charge is 0.310 e. The maximum atomic E-state index is 5.90. The minimum atomic E-state index is 0.218. The van der Waals surface area contributed by atoms with Crippen LogP contribution in [0.5, 0.6) is 0 Å². The van der Waals surface area contributed by atoms with E-state index in [1.165, 1.54) is 5.56 Å². The summed E-state index contributed by atoms with van der Waals surface area (Å²) < 4.78 is 0. The van der Waals surface area contributed by atoms with Gasteiger partial charge >= 0.3 is 0 Å². The van der Waals surface area contributed by atoms with Crippen molar-refractivity contribution in [3.05, 3.63) is 34.9 Å². The maximum Gasteiger partial charge on any atom is 0.0406 e. The standard InChI is InChI=1S/C16H27ClN2/c1-6-16(3,4)18-11-13(2)19(5)12-14-7-9-15(17)10-8-14/h7-10,13,18H,6,11-12H2,1-5H3. The molecule has 0 spiro atoms. The van der Waals surface area contributed by atoms with Crippen molar-refractivity contribution >= 4 is 11.6 Å². The zero-order valence-corrected chi connectivity index (χ0v) is 13.6. The van der Waals surface area contributed by atoms with Crippen LogP contribution in [0.25, 0.3) is 0 Å². The van der Waals surface area contributed by atoms with Gasteiger partial charge in [0.1, 0.15) is 0 Å². The van der Waals surface area contributed by atoms with Crippen LogP contribution in [0.15, 0.2) is 24.3 Å². The summed E-state index contributed by atoms with van der Waals surface area (Å²) in [5.41, 5.74) is 1.52. The van der Waals surface area contributed by atoms with E-state index >= 15 is 0 Å². The zero-order chi connectivity index (χ0) is 14.5. The van der Waals surface area contributed by atoms with Gasteiger partial charge in [0.15, 0.2) is 0 Å². The Hall–Kier alpha value is -0.570. The van der Waals surface area contributed by atoms with Gasteiger partial charge in [0.25, 0.3) is 0 Å². The number of hydrogen-bond donors (Lipinski definition) is 1. The number of benzene rings is 1. The highest BCUT2D eigenvalue weighted by molar-refractivity contribution is 6.30. The van der Waals surface area contributed by atoms with E-state index in [9.17, 15) is 0 Å². The summed E-state index contributed by atoms with van der Waals surface area (Å²) in [5, 5.41) is 4.42. The van der Waals surface area contributed by atoms with Gasteiger partial charge in [-0.2, -0.15) is 0 Å². The Morgan fingerprint density at radius 3 is 2.37 bits per heavy atom. The van der Waals surface area contributed by atoms with Crippen molar-refractivity contribution in [2.24, 2.45) is 0 Å². The third-order valence-electron chi connectivity index (χ3n) is 3.86. The van der Waals surface area contributed by atoms with E-state index in [1.807, 2.05) is 12.1 Å². The molecule has 0 amide bonds. The van der Waals surface area contributed by atoms with Crippen LogP contribution < -0.4 is 5.32 Å². The molecule has 3 heteroatoms. The second-order valence-electron chi connectivity index (χ2n) is 6.01. The number of nitrogens with zero attached hydrogens (tertiary/aromatic N) is 1. The van der Waals surface area contributed by atoms with Crippen LogP contribution in [0, 0.1) is 0 Å². The number of nitrogens with one attached hydrogen (secondary N) is 1. The van der Waals surface area contributed by atoms with Gasteiger partial charge in [-0.25, -0.2) is 0 Å². The molecule has 0 saturated heterocycles. The highest BCUT2D eigenvalue weighted by atomic mass is 35.5. The lowest BCUT2D eigenvalue weighted by Crippen LogP contribution is -2.46. The molecule has 108 valence electrons. The fourth-order valence-corrected chi connectivity index (χ4v) is 1.86. The second kappa shape index (κ2) is 7.28. The van der Waals surface area contributed by atoms with Crippen LogP contribution in [-0.2, 0) is 6.54 Å². The van der Waals surface area contributed by atoms with Crippen LogP contribution in [0.2, 0.25) is 5.02 Å². The van der Waals surface area contributed by atoms with Gasteiger partial charge in [-0.15, -0.1) is 0 Å². The third kappa shape index (κ3) is 5.94. The minimum absolute atomic E-state index is 0.218. The van der Waals surface area contributed by atoms with E-state index in [0.29, 0.717) is 6.04 Å². The molecule has 1 aromatic carbocycles. The molecule has 0 aliphatic rings. The molecular formula is C16H27ClN2. The Morgan fingerprint density at radius 1 is 1.26 bits per heavy atom. The smallest absolute Gasteiger partial charge is 0.0406 e. The maximum absolute atomic E-state index is 5.90. The van der Waals surface area contributed by atoms with Crippen LogP contribution in [0.4, 0.5) is 0 Å². The Morgan fingerprint density at radius 2 is 1.84 bits per heavy atom. The number of hydrogen-bond acceptors (Lipinski definition) is 2. The number of rotatable bonds is 7. The van der Waals surface area contributed by atoms with Gasteiger partial charge in [0.05, 0.1) is 0 Å². The Kier molecular flexibility index (Phi) is 6.31. The van der Waals surface area contributed by atoms with Gasteiger partial charge in [0, 0.05) is 29.7 Å². The summed E-state index contributed by atoms with van der Waals surface area (Å²) in [6.45, 7) is 10.9. The first kappa shape index (κ1) is 16.5. The van der Waals surface area contributed by atoms with Crippen LogP contribution in [0.1, 0.15) is 39.7 Å². The Balaban J connectivity index is 2.44. The summed E-state index contributed by atoms with van der Waals surface area (Å²) in [7, 11) is 2.17. The molecule has 0 heterocycles. The molecule has 1 unspecified atom stereocenters. The molecule has 0 bridgehead atoms. The molecule has 0 radical (unpaired) electrons. The summed E-state index contributed by atoms with van der Waals surface area (Å²) in [6, 6.07) is 8.59. The SMILES string of the molecule is CCC(C)(C)NCC(C)N(C)Cc1ccc(Cl)cc1. The average Bonchev–Trinajstić information content (AvgIpc) is 2.38. The lowest BCUT2D eigenvalue weighted by molar-refractivity contribution is 0.223. The zero-order valence-electron chi connectivity index (χ0n) is 12.8. The lowest BCUT2D eigenvalue weighted by Gasteiger charge is -2.31. The highest BCUT2D eigenvalue weighted by Crippen LogP contribution is 2.12. The van der Waals surface area contributed by atoms with Crippen molar-refractivity contribution in [2.75, 3.05) is 13.6 Å². The first-order valence-electron chi connectivity index (χ1n) is 7.04. The van der Waals surface area contributed by atoms with E-state index in [4.69, 9.17) is 11.6 Å². The van der Waals surface area contributed by atoms with Gasteiger partial charge in [-0.05, 0) is 51.9 Å². The van der Waals surface area contributed by atoms with E-state index < -0.39 is 0 Å². The molecular weight excluding hydrogens is 256 g/mol. The molecule has 1 N–H and O–H groups in total. The minimum Gasteiger partial charge on any atom is -0.310 e. The predicted molar refractivity (Wildman–Crippen MR) is 84.8 cm³/mol. The molecule has 0 saturated carbocycles. The van der Waals surface area contributed by atoms with Crippen molar-refractivity contribution in [2.45, 2.75) is 52.2 Å². The average molecular weight is 283 g/mol. The van der Waals surface area contributed by atoms with Crippen LogP contribution in [0.3, 0.4) is 0 Å². The first-order chi connectivity index (χ1) is 8.84. The summed E-state index contributed by atoms with van der Waals surface area (Å²) in [6.07, 6.45) is 1.14. The van der Waals surface area contributed by atoms with Crippen LogP contribution >= 0.6 is 11.6 Å². The molecule has 2 nitrogen and oxygen atoms in total. The van der Waals surface area contributed by atoms with Crippen molar-refractivity contribution in [1.82, 2.24) is 10.2 Å². The molecule has 0 fully saturated rings. The van der Waals surface area contributed by atoms with E-state index in [2.05, 4.69) is 57.1 Å². The van der Waals surface area contributed by atoms with E-state index in [0.717, 1.165) is 24.5 Å². The molecule has 0 aliphatic heterocycles. The molecule has 1 aromatic rings. The fraction of sp³-hybridized carbons (Fsp3) is 0.625. The third-order valence-corrected chi connectivity index (χ3v) is 4.11. The molecule has 0 aliphatic carbocycles. The normalized spacial score (nSPS) is 13.8. The Bertz CT molecular complexity index is 373. The summed E-state index contributed by atoms with van der Waals surface area (Å²) in [5.74, 6) is 0. The van der Waals surface area contributed by atoms with Gasteiger partial charge in [-0.3, -0.25) is 4.90 Å².